The molecule has 0 aliphatic carbocycles. The first-order valence-corrected chi connectivity index (χ1v) is 6.98. The predicted octanol–water partition coefficient (Wildman–Crippen LogP) is 0.0145. The Morgan fingerprint density at radius 1 is 1.36 bits per heavy atom. The van der Waals surface area contributed by atoms with E-state index in [9.17, 15) is 14.4 Å². The summed E-state index contributed by atoms with van der Waals surface area (Å²) in [5, 5.41) is 13.2. The zero-order valence-corrected chi connectivity index (χ0v) is 12.8. The van der Waals surface area contributed by atoms with Gasteiger partial charge in [-0.1, -0.05) is 0 Å². The summed E-state index contributed by atoms with van der Waals surface area (Å²) >= 11 is 0. The Kier molecular flexibility index (Phi) is 4.60. The number of Topliss-reactive ketones (excluding diaryl/α,β-unsaturated/α-hetero) is 1. The summed E-state index contributed by atoms with van der Waals surface area (Å²) in [5.41, 5.74) is 1.75. The average molecular weight is 309 g/mol. The van der Waals surface area contributed by atoms with E-state index in [0.29, 0.717) is 23.5 Å². The highest BCUT2D eigenvalue weighted by atomic mass is 16.5. The zero-order chi connectivity index (χ0) is 16.4. The molecule has 1 amide bonds. The number of carbonyl (C=O) groups is 3. The number of aryl methyl sites for hydroxylation is 1. The van der Waals surface area contributed by atoms with Gasteiger partial charge in [0, 0.05) is 12.2 Å². The van der Waals surface area contributed by atoms with Crippen LogP contribution >= 0.6 is 0 Å². The Labute approximate surface area is 127 Å². The van der Waals surface area contributed by atoms with E-state index in [2.05, 4.69) is 5.10 Å². The Hall–Kier alpha value is -2.22. The van der Waals surface area contributed by atoms with Gasteiger partial charge in [-0.05, 0) is 20.8 Å². The van der Waals surface area contributed by atoms with Crippen LogP contribution in [-0.4, -0.2) is 63.2 Å². The quantitative estimate of drug-likeness (QED) is 0.786. The number of morpholine rings is 1. The van der Waals surface area contributed by atoms with E-state index in [-0.39, 0.29) is 31.4 Å². The van der Waals surface area contributed by atoms with Crippen molar-refractivity contribution in [3.63, 3.8) is 0 Å². The van der Waals surface area contributed by atoms with E-state index < -0.39 is 12.1 Å². The largest absolute Gasteiger partial charge is 0.479 e. The number of carboxylic acids is 1. The lowest BCUT2D eigenvalue weighted by Crippen LogP contribution is -2.49. The van der Waals surface area contributed by atoms with Crippen LogP contribution in [0.4, 0.5) is 0 Å². The number of nitrogens with zero attached hydrogens (tertiary/aromatic N) is 3. The monoisotopic (exact) mass is 309 g/mol. The van der Waals surface area contributed by atoms with Gasteiger partial charge < -0.3 is 14.7 Å². The number of ether oxygens (including phenoxy) is 1. The van der Waals surface area contributed by atoms with Crippen LogP contribution < -0.4 is 0 Å². The highest BCUT2D eigenvalue weighted by Crippen LogP contribution is 2.14. The van der Waals surface area contributed by atoms with E-state index in [1.165, 1.54) is 16.5 Å². The SMILES string of the molecule is CC(=O)c1c(C)nn(CC(=O)N2CCO[C@H](C(=O)O)C2)c1C. The fraction of sp³-hybridized carbons (Fsp3) is 0.571. The van der Waals surface area contributed by atoms with Gasteiger partial charge >= 0.3 is 5.97 Å². The third-order valence-electron chi connectivity index (χ3n) is 3.71. The molecule has 0 unspecified atom stereocenters. The smallest absolute Gasteiger partial charge is 0.334 e. The standard InChI is InChI=1S/C14H19N3O5/c1-8-13(10(3)18)9(2)17(15-8)7-12(19)16-4-5-22-11(6-16)14(20)21/h11H,4-7H2,1-3H3,(H,20,21)/t11-/m0/s1. The van der Waals surface area contributed by atoms with Gasteiger partial charge in [0.2, 0.25) is 5.91 Å². The van der Waals surface area contributed by atoms with E-state index in [4.69, 9.17) is 9.84 Å². The second-order valence-corrected chi connectivity index (χ2v) is 5.30. The molecular formula is C14H19N3O5. The van der Waals surface area contributed by atoms with Crippen LogP contribution in [0.25, 0.3) is 0 Å². The number of carbonyl (C=O) groups excluding carboxylic acids is 2. The molecule has 0 bridgehead atoms. The Morgan fingerprint density at radius 2 is 2.05 bits per heavy atom. The molecule has 1 aromatic rings. The maximum absolute atomic E-state index is 12.3. The second-order valence-electron chi connectivity index (χ2n) is 5.30. The minimum Gasteiger partial charge on any atom is -0.479 e. The summed E-state index contributed by atoms with van der Waals surface area (Å²) in [7, 11) is 0. The average Bonchev–Trinajstić information content (AvgIpc) is 2.73. The molecule has 22 heavy (non-hydrogen) atoms. The fourth-order valence-electron chi connectivity index (χ4n) is 2.61. The summed E-state index contributed by atoms with van der Waals surface area (Å²) in [6, 6.07) is 0. The van der Waals surface area contributed by atoms with Crippen molar-refractivity contribution in [2.45, 2.75) is 33.4 Å². The minimum atomic E-state index is -1.08. The first kappa shape index (κ1) is 16.2. The van der Waals surface area contributed by atoms with Gasteiger partial charge in [0.1, 0.15) is 6.54 Å². The number of carboxylic acid groups (broad SMARTS) is 1. The fourth-order valence-corrected chi connectivity index (χ4v) is 2.61. The van der Waals surface area contributed by atoms with Crippen LogP contribution in [0.3, 0.4) is 0 Å². The molecule has 1 aromatic heterocycles. The first-order valence-electron chi connectivity index (χ1n) is 6.98. The maximum atomic E-state index is 12.3. The van der Waals surface area contributed by atoms with Gasteiger partial charge in [0.25, 0.3) is 0 Å². The summed E-state index contributed by atoms with van der Waals surface area (Å²) in [6.07, 6.45) is -0.995. The van der Waals surface area contributed by atoms with Crippen molar-refractivity contribution in [3.05, 3.63) is 17.0 Å². The molecule has 1 aliphatic rings. The molecule has 0 aromatic carbocycles. The number of hydrogen-bond acceptors (Lipinski definition) is 5. The van der Waals surface area contributed by atoms with Gasteiger partial charge in [-0.25, -0.2) is 4.79 Å². The van der Waals surface area contributed by atoms with Crippen molar-refractivity contribution >= 4 is 17.7 Å². The Morgan fingerprint density at radius 3 is 2.59 bits per heavy atom. The van der Waals surface area contributed by atoms with Crippen LogP contribution in [0.1, 0.15) is 28.7 Å². The van der Waals surface area contributed by atoms with Crippen molar-refractivity contribution in [2.24, 2.45) is 0 Å². The highest BCUT2D eigenvalue weighted by Gasteiger charge is 2.29. The second kappa shape index (κ2) is 6.27. The molecule has 0 saturated carbocycles. The Balaban J connectivity index is 2.11. The van der Waals surface area contributed by atoms with Gasteiger partial charge in [-0.15, -0.1) is 0 Å². The lowest BCUT2D eigenvalue weighted by molar-refractivity contribution is -0.159. The highest BCUT2D eigenvalue weighted by molar-refractivity contribution is 5.96. The van der Waals surface area contributed by atoms with Gasteiger partial charge in [-0.3, -0.25) is 14.3 Å². The van der Waals surface area contributed by atoms with Crippen molar-refractivity contribution in [1.82, 2.24) is 14.7 Å². The molecule has 1 fully saturated rings. The van der Waals surface area contributed by atoms with Crippen molar-refractivity contribution in [3.8, 4) is 0 Å². The van der Waals surface area contributed by atoms with E-state index >= 15 is 0 Å². The number of rotatable bonds is 4. The van der Waals surface area contributed by atoms with E-state index in [0.717, 1.165) is 0 Å². The number of amides is 1. The number of hydrogen-bond donors (Lipinski definition) is 1. The van der Waals surface area contributed by atoms with Crippen LogP contribution in [0.2, 0.25) is 0 Å². The molecule has 2 rings (SSSR count). The molecule has 8 heteroatoms. The molecule has 2 heterocycles. The maximum Gasteiger partial charge on any atom is 0.334 e. The molecule has 8 nitrogen and oxygen atoms in total. The lowest BCUT2D eigenvalue weighted by atomic mass is 10.1. The van der Waals surface area contributed by atoms with Crippen molar-refractivity contribution in [1.29, 1.82) is 0 Å². The molecule has 0 radical (unpaired) electrons. The van der Waals surface area contributed by atoms with Crippen LogP contribution in [-0.2, 0) is 20.9 Å². The van der Waals surface area contributed by atoms with Gasteiger partial charge in [-0.2, -0.15) is 5.10 Å². The molecular weight excluding hydrogens is 290 g/mol. The molecule has 120 valence electrons. The van der Waals surface area contributed by atoms with E-state index in [1.54, 1.807) is 13.8 Å². The Bertz CT molecular complexity index is 622. The van der Waals surface area contributed by atoms with Crippen LogP contribution in [0.15, 0.2) is 0 Å². The first-order chi connectivity index (χ1) is 10.3. The zero-order valence-electron chi connectivity index (χ0n) is 12.8. The lowest BCUT2D eigenvalue weighted by Gasteiger charge is -2.30. The van der Waals surface area contributed by atoms with Crippen molar-refractivity contribution < 1.29 is 24.2 Å². The normalized spacial score (nSPS) is 18.3. The molecule has 1 saturated heterocycles. The third-order valence-corrected chi connectivity index (χ3v) is 3.71. The molecule has 0 spiro atoms. The van der Waals surface area contributed by atoms with Crippen LogP contribution in [0.5, 0.6) is 0 Å². The summed E-state index contributed by atoms with van der Waals surface area (Å²) in [4.78, 5) is 36.3. The summed E-state index contributed by atoms with van der Waals surface area (Å²) < 4.78 is 6.57. The molecule has 1 N–H and O–H groups in total. The third kappa shape index (κ3) is 3.16. The number of ketones is 1. The minimum absolute atomic E-state index is 0.0209. The summed E-state index contributed by atoms with van der Waals surface area (Å²) in [6.45, 7) is 5.46. The van der Waals surface area contributed by atoms with Crippen LogP contribution in [0, 0.1) is 13.8 Å². The number of aliphatic carboxylic acids is 1. The molecule has 1 aliphatic heterocycles. The topological polar surface area (TPSA) is 102 Å². The predicted molar refractivity (Wildman–Crippen MR) is 75.7 cm³/mol. The molecule has 1 atom stereocenters. The van der Waals surface area contributed by atoms with Gasteiger partial charge in [0.05, 0.1) is 24.4 Å². The summed E-state index contributed by atoms with van der Waals surface area (Å²) in [5.74, 6) is -1.41. The van der Waals surface area contributed by atoms with E-state index in [1.807, 2.05) is 0 Å². The van der Waals surface area contributed by atoms with Crippen molar-refractivity contribution in [2.75, 3.05) is 19.7 Å². The number of aromatic nitrogens is 2. The van der Waals surface area contributed by atoms with Gasteiger partial charge in [0.15, 0.2) is 11.9 Å².